The summed E-state index contributed by atoms with van der Waals surface area (Å²) in [6.07, 6.45) is 9.34. The van der Waals surface area contributed by atoms with Crippen molar-refractivity contribution >= 4 is 69.6 Å². The van der Waals surface area contributed by atoms with Gasteiger partial charge in [-0.1, -0.05) is 61.3 Å². The topological polar surface area (TPSA) is 135 Å². The van der Waals surface area contributed by atoms with E-state index in [1.807, 2.05) is 111 Å². The van der Waals surface area contributed by atoms with Gasteiger partial charge >= 0.3 is 0 Å². The van der Waals surface area contributed by atoms with Gasteiger partial charge < -0.3 is 39.1 Å². The highest BCUT2D eigenvalue weighted by Crippen LogP contribution is 2.37. The minimum absolute atomic E-state index is 0.0699. The van der Waals surface area contributed by atoms with Gasteiger partial charge in [0.25, 0.3) is 0 Å². The SMILES string of the molecule is CCC(OCCCO)Oc1ccc(-c2c3nc(c(Cl)c4ccc([nH]4)c(-c4ccc(OC(CC)OCCCO)cc4)c4nc(c(Cl)c5ccc2[nH]5)C=C4)C=C3)cc1. The van der Waals surface area contributed by atoms with Gasteiger partial charge in [-0.15, -0.1) is 0 Å². The number of aliphatic hydroxyl groups is 2. The predicted octanol–water partition coefficient (Wildman–Crippen LogP) is 10.3. The normalized spacial score (nSPS) is 13.2. The summed E-state index contributed by atoms with van der Waals surface area (Å²) >= 11 is 14.2. The largest absolute Gasteiger partial charge is 0.465 e. The molecule has 2 aliphatic heterocycles. The monoisotopic (exact) mass is 794 g/mol. The van der Waals surface area contributed by atoms with Crippen molar-refractivity contribution in [2.45, 2.75) is 52.1 Å². The summed E-state index contributed by atoms with van der Waals surface area (Å²) in [7, 11) is 0. The molecule has 8 bridgehead atoms. The van der Waals surface area contributed by atoms with E-state index in [-0.39, 0.29) is 13.2 Å². The predicted molar refractivity (Wildman–Crippen MR) is 224 cm³/mol. The molecule has 5 heterocycles. The van der Waals surface area contributed by atoms with Crippen molar-refractivity contribution in [1.82, 2.24) is 19.9 Å². The summed E-state index contributed by atoms with van der Waals surface area (Å²) < 4.78 is 23.7. The molecular weight excluding hydrogens is 751 g/mol. The molecule has 0 radical (unpaired) electrons. The van der Waals surface area contributed by atoms with Gasteiger partial charge in [-0.3, -0.25) is 0 Å². The number of H-pyrrole nitrogens is 2. The van der Waals surface area contributed by atoms with Crippen LogP contribution in [0.25, 0.3) is 68.6 Å². The van der Waals surface area contributed by atoms with Crippen molar-refractivity contribution in [3.8, 4) is 33.8 Å². The third kappa shape index (κ3) is 8.86. The van der Waals surface area contributed by atoms with Crippen LogP contribution in [-0.4, -0.2) is 69.2 Å². The highest BCUT2D eigenvalue weighted by atomic mass is 35.5. The Bertz CT molecular complexity index is 2200. The molecule has 0 saturated carbocycles. The van der Waals surface area contributed by atoms with Crippen molar-refractivity contribution in [3.63, 3.8) is 0 Å². The average Bonchev–Trinajstić information content (AvgIpc) is 4.07. The van der Waals surface area contributed by atoms with Crippen LogP contribution in [0.4, 0.5) is 0 Å². The van der Waals surface area contributed by atoms with Crippen molar-refractivity contribution < 1.29 is 29.2 Å². The van der Waals surface area contributed by atoms with Crippen LogP contribution >= 0.6 is 23.2 Å². The van der Waals surface area contributed by atoms with Crippen molar-refractivity contribution in [2.75, 3.05) is 26.4 Å². The molecule has 2 aromatic carbocycles. The van der Waals surface area contributed by atoms with E-state index in [1.165, 1.54) is 0 Å². The van der Waals surface area contributed by atoms with Crippen molar-refractivity contribution in [1.29, 1.82) is 0 Å². The molecule has 56 heavy (non-hydrogen) atoms. The molecule has 2 unspecified atom stereocenters. The molecule has 4 N–H and O–H groups in total. The van der Waals surface area contributed by atoms with Crippen LogP contribution in [0.1, 0.15) is 62.3 Å². The van der Waals surface area contributed by atoms with Gasteiger partial charge in [-0.25, -0.2) is 9.97 Å². The van der Waals surface area contributed by atoms with E-state index in [0.29, 0.717) is 82.9 Å². The van der Waals surface area contributed by atoms with Crippen molar-refractivity contribution in [3.05, 3.63) is 106 Å². The first-order chi connectivity index (χ1) is 27.4. The molecule has 0 amide bonds. The minimum atomic E-state index is -0.418. The lowest BCUT2D eigenvalue weighted by Crippen LogP contribution is -2.20. The zero-order chi connectivity index (χ0) is 39.0. The summed E-state index contributed by atoms with van der Waals surface area (Å²) in [5.74, 6) is 1.33. The first-order valence-electron chi connectivity index (χ1n) is 18.8. The fourth-order valence-electron chi connectivity index (χ4n) is 6.48. The highest BCUT2D eigenvalue weighted by molar-refractivity contribution is 6.36. The van der Waals surface area contributed by atoms with E-state index >= 15 is 0 Å². The Labute approximate surface area is 335 Å². The maximum Gasteiger partial charge on any atom is 0.199 e. The summed E-state index contributed by atoms with van der Waals surface area (Å²) in [6.45, 7) is 4.96. The number of aliphatic hydroxyl groups excluding tert-OH is 2. The Kier molecular flexibility index (Phi) is 12.9. The summed E-state index contributed by atoms with van der Waals surface area (Å²) in [4.78, 5) is 17.1. The van der Waals surface area contributed by atoms with E-state index in [4.69, 9.17) is 62.3 Å². The Hall–Kier alpha value is -4.94. The first-order valence-corrected chi connectivity index (χ1v) is 19.6. The average molecular weight is 796 g/mol. The molecule has 0 saturated heterocycles. The molecule has 7 rings (SSSR count). The molecule has 0 aliphatic carbocycles. The van der Waals surface area contributed by atoms with Crippen molar-refractivity contribution in [2.24, 2.45) is 0 Å². The third-order valence-corrected chi connectivity index (χ3v) is 10.1. The van der Waals surface area contributed by atoms with Crippen LogP contribution in [-0.2, 0) is 9.47 Å². The molecular formula is C44H44Cl2N4O6. The number of nitrogens with zero attached hydrogens (tertiary/aromatic N) is 2. The maximum absolute atomic E-state index is 9.12. The smallest absolute Gasteiger partial charge is 0.199 e. The number of benzene rings is 2. The van der Waals surface area contributed by atoms with Gasteiger partial charge in [0.05, 0.1) is 57.1 Å². The lowest BCUT2D eigenvalue weighted by molar-refractivity contribution is -0.0845. The van der Waals surface area contributed by atoms with Gasteiger partial charge in [0.2, 0.25) is 0 Å². The van der Waals surface area contributed by atoms with Crippen LogP contribution in [0.3, 0.4) is 0 Å². The van der Waals surface area contributed by atoms with Gasteiger partial charge in [-0.05, 0) is 96.8 Å². The Morgan fingerprint density at radius 3 is 1.29 bits per heavy atom. The molecule has 0 fully saturated rings. The maximum atomic E-state index is 9.12. The standard InChI is InChI=1S/C44H44Cl2N4O6/c1-3-39(53-25-5-23-51)55-29-11-7-27(8-12-29)41-31-15-19-35(47-31)43(45)37-21-17-33(49-37)42(34-18-22-38(50-34)44(46)36-20-16-32(41)48-36)28-9-13-30(14-10-28)56-40(4-2)54-26-6-24-52/h7-22,39-40,47,50-52H,3-6,23-26H2,1-2H3. The number of nitrogens with one attached hydrogen (secondary N) is 2. The minimum Gasteiger partial charge on any atom is -0.465 e. The molecule has 290 valence electrons. The molecule has 10 nitrogen and oxygen atoms in total. The van der Waals surface area contributed by atoms with Crippen LogP contribution in [0, 0.1) is 0 Å². The van der Waals surface area contributed by atoms with Gasteiger partial charge in [-0.2, -0.15) is 0 Å². The number of aromatic amines is 2. The van der Waals surface area contributed by atoms with Crippen LogP contribution in [0.2, 0.25) is 10.0 Å². The molecule has 2 aliphatic rings. The van der Waals surface area contributed by atoms with Crippen LogP contribution in [0.5, 0.6) is 11.5 Å². The Morgan fingerprint density at radius 1 is 0.536 bits per heavy atom. The van der Waals surface area contributed by atoms with E-state index in [0.717, 1.165) is 44.7 Å². The molecule has 3 aromatic heterocycles. The van der Waals surface area contributed by atoms with Gasteiger partial charge in [0, 0.05) is 48.2 Å². The molecule has 12 heteroatoms. The number of aromatic nitrogens is 4. The molecule has 5 aromatic rings. The fraction of sp³-hybridized carbons (Fsp3) is 0.273. The number of halogens is 2. The number of rotatable bonds is 16. The van der Waals surface area contributed by atoms with Crippen LogP contribution in [0.15, 0.2) is 72.8 Å². The quantitative estimate of drug-likeness (QED) is 0.0561. The lowest BCUT2D eigenvalue weighted by Gasteiger charge is -2.18. The highest BCUT2D eigenvalue weighted by Gasteiger charge is 2.18. The summed E-state index contributed by atoms with van der Waals surface area (Å²) in [6, 6.07) is 23.4. The zero-order valence-electron chi connectivity index (χ0n) is 31.2. The lowest BCUT2D eigenvalue weighted by atomic mass is 10.0. The zero-order valence-corrected chi connectivity index (χ0v) is 32.7. The summed E-state index contributed by atoms with van der Waals surface area (Å²) in [5.41, 5.74) is 9.23. The number of hydrogen-bond donors (Lipinski definition) is 4. The van der Waals surface area contributed by atoms with Crippen LogP contribution < -0.4 is 9.47 Å². The van der Waals surface area contributed by atoms with Gasteiger partial charge in [0.15, 0.2) is 12.6 Å². The van der Waals surface area contributed by atoms with E-state index < -0.39 is 12.6 Å². The fourth-order valence-corrected chi connectivity index (χ4v) is 6.91. The second kappa shape index (κ2) is 18.3. The van der Waals surface area contributed by atoms with E-state index in [1.54, 1.807) is 0 Å². The number of fused-ring (bicyclic) bond motifs is 8. The summed E-state index contributed by atoms with van der Waals surface area (Å²) in [5, 5.41) is 19.2. The first kappa shape index (κ1) is 39.3. The molecule has 2 atom stereocenters. The third-order valence-electron chi connectivity index (χ3n) is 9.33. The molecule has 0 spiro atoms. The van der Waals surface area contributed by atoms with E-state index in [2.05, 4.69) is 9.97 Å². The Morgan fingerprint density at radius 2 is 0.911 bits per heavy atom. The number of ether oxygens (including phenoxy) is 4. The number of hydrogen-bond acceptors (Lipinski definition) is 8. The van der Waals surface area contributed by atoms with E-state index in [9.17, 15) is 0 Å². The Balaban J connectivity index is 1.32. The second-order valence-electron chi connectivity index (χ2n) is 13.2. The second-order valence-corrected chi connectivity index (χ2v) is 14.0. The van der Waals surface area contributed by atoms with Gasteiger partial charge in [0.1, 0.15) is 11.5 Å².